The third-order valence-electron chi connectivity index (χ3n) is 3.19. The highest BCUT2D eigenvalue weighted by molar-refractivity contribution is 8.06. The second kappa shape index (κ2) is 5.84. The molecule has 102 valence electrons. The number of fused-ring (bicyclic) bond motifs is 2. The summed E-state index contributed by atoms with van der Waals surface area (Å²) in [4.78, 5) is 8.09. The summed E-state index contributed by atoms with van der Waals surface area (Å²) in [6, 6.07) is 25.8. The summed E-state index contributed by atoms with van der Waals surface area (Å²) < 4.78 is 0. The molecule has 1 aliphatic rings. The van der Waals surface area contributed by atoms with Crippen molar-refractivity contribution in [1.29, 1.82) is 0 Å². The molecule has 4 rings (SSSR count). The van der Waals surface area contributed by atoms with E-state index in [0.29, 0.717) is 0 Å². The Morgan fingerprint density at radius 1 is 0.571 bits per heavy atom. The lowest BCUT2D eigenvalue weighted by molar-refractivity contribution is 1.08. The van der Waals surface area contributed by atoms with Gasteiger partial charge in [0, 0.05) is 29.4 Å². The first-order valence-corrected chi connectivity index (χ1v) is 9.16. The van der Waals surface area contributed by atoms with E-state index < -0.39 is 0 Å². The van der Waals surface area contributed by atoms with Crippen molar-refractivity contribution in [3.05, 3.63) is 72.8 Å². The minimum atomic E-state index is 1.29. The smallest absolute Gasteiger partial charge is 0.0401 e. The molecule has 1 aliphatic heterocycles. The van der Waals surface area contributed by atoms with Crippen molar-refractivity contribution in [3.63, 3.8) is 0 Å². The first kappa shape index (κ1) is 13.4. The van der Waals surface area contributed by atoms with Crippen molar-refractivity contribution in [1.82, 2.24) is 0 Å². The third-order valence-corrected chi connectivity index (χ3v) is 7.01. The molecule has 0 nitrogen and oxygen atoms in total. The summed E-state index contributed by atoms with van der Waals surface area (Å²) in [6.45, 7) is 0. The monoisotopic (exact) mass is 324 g/mol. The highest BCUT2D eigenvalue weighted by Gasteiger charge is 2.19. The van der Waals surface area contributed by atoms with E-state index in [1.54, 1.807) is 0 Å². The predicted molar refractivity (Wildman–Crippen MR) is 91.7 cm³/mol. The maximum Gasteiger partial charge on any atom is 0.0401 e. The highest BCUT2D eigenvalue weighted by atomic mass is 32.2. The van der Waals surface area contributed by atoms with Crippen LogP contribution < -0.4 is 0 Å². The van der Waals surface area contributed by atoms with E-state index in [1.807, 2.05) is 35.3 Å². The molecule has 3 heteroatoms. The van der Waals surface area contributed by atoms with E-state index in [-0.39, 0.29) is 0 Å². The average Bonchev–Trinajstić information content (AvgIpc) is 2.54. The fourth-order valence-electron chi connectivity index (χ4n) is 2.22. The van der Waals surface area contributed by atoms with Gasteiger partial charge < -0.3 is 0 Å². The number of rotatable bonds is 2. The van der Waals surface area contributed by atoms with Crippen molar-refractivity contribution < 1.29 is 0 Å². The normalized spacial score (nSPS) is 12.6. The van der Waals surface area contributed by atoms with Crippen LogP contribution in [0.5, 0.6) is 0 Å². The molecular weight excluding hydrogens is 312 g/mol. The first-order chi connectivity index (χ1) is 10.4. The largest absolute Gasteiger partial charge is 0.0889 e. The van der Waals surface area contributed by atoms with Gasteiger partial charge in [-0.05, 0) is 36.4 Å². The van der Waals surface area contributed by atoms with Gasteiger partial charge in [-0.25, -0.2) is 0 Å². The molecule has 0 saturated carbocycles. The van der Waals surface area contributed by atoms with Gasteiger partial charge in [-0.3, -0.25) is 0 Å². The van der Waals surface area contributed by atoms with Gasteiger partial charge >= 0.3 is 0 Å². The summed E-state index contributed by atoms with van der Waals surface area (Å²) in [5, 5.41) is 0. The Morgan fingerprint density at radius 2 is 1.24 bits per heavy atom. The standard InChI is InChI=1S/C18H12S3/c1-2-7-13(8-3-1)19-16-11-6-12-17-18(16)21-15-10-5-4-9-14(15)20-17/h1-12H. The molecule has 21 heavy (non-hydrogen) atoms. The van der Waals surface area contributed by atoms with Crippen LogP contribution >= 0.6 is 35.3 Å². The zero-order chi connectivity index (χ0) is 14.1. The fourth-order valence-corrected chi connectivity index (χ4v) is 5.70. The lowest BCUT2D eigenvalue weighted by atomic mass is 10.3. The van der Waals surface area contributed by atoms with Crippen LogP contribution in [-0.2, 0) is 0 Å². The van der Waals surface area contributed by atoms with Crippen molar-refractivity contribution in [2.24, 2.45) is 0 Å². The molecular formula is C18H12S3. The van der Waals surface area contributed by atoms with Crippen LogP contribution in [0.2, 0.25) is 0 Å². The van der Waals surface area contributed by atoms with Gasteiger partial charge in [-0.1, -0.05) is 71.7 Å². The third kappa shape index (κ3) is 2.73. The molecule has 0 bridgehead atoms. The minimum absolute atomic E-state index is 1.29. The number of benzene rings is 3. The Morgan fingerprint density at radius 3 is 2.05 bits per heavy atom. The van der Waals surface area contributed by atoms with Crippen LogP contribution in [0.3, 0.4) is 0 Å². The molecule has 0 spiro atoms. The van der Waals surface area contributed by atoms with E-state index in [2.05, 4.69) is 72.8 Å². The highest BCUT2D eigenvalue weighted by Crippen LogP contribution is 2.52. The van der Waals surface area contributed by atoms with Crippen LogP contribution in [0.25, 0.3) is 0 Å². The molecule has 0 aliphatic carbocycles. The summed E-state index contributed by atoms with van der Waals surface area (Å²) >= 11 is 5.60. The van der Waals surface area contributed by atoms with Crippen molar-refractivity contribution >= 4 is 35.3 Å². The van der Waals surface area contributed by atoms with Gasteiger partial charge in [0.05, 0.1) is 0 Å². The predicted octanol–water partition coefficient (Wildman–Crippen LogP) is 6.45. The molecule has 0 atom stereocenters. The van der Waals surface area contributed by atoms with Crippen LogP contribution in [0.4, 0.5) is 0 Å². The van der Waals surface area contributed by atoms with Crippen molar-refractivity contribution in [2.75, 3.05) is 0 Å². The summed E-state index contributed by atoms with van der Waals surface area (Å²) in [7, 11) is 0. The van der Waals surface area contributed by atoms with Crippen molar-refractivity contribution in [2.45, 2.75) is 29.4 Å². The lowest BCUT2D eigenvalue weighted by Crippen LogP contribution is -1.91. The van der Waals surface area contributed by atoms with Gasteiger partial charge in [0.25, 0.3) is 0 Å². The molecule has 0 amide bonds. The van der Waals surface area contributed by atoms with Gasteiger partial charge in [0.15, 0.2) is 0 Å². The lowest BCUT2D eigenvalue weighted by Gasteiger charge is -2.20. The summed E-state index contributed by atoms with van der Waals surface area (Å²) in [5.74, 6) is 0. The number of hydrogen-bond acceptors (Lipinski definition) is 3. The van der Waals surface area contributed by atoms with Gasteiger partial charge in [0.1, 0.15) is 0 Å². The second-order valence-corrected chi connectivity index (χ2v) is 7.90. The van der Waals surface area contributed by atoms with E-state index in [1.165, 1.54) is 29.4 Å². The quantitative estimate of drug-likeness (QED) is 0.415. The Balaban J connectivity index is 1.73. The van der Waals surface area contributed by atoms with Gasteiger partial charge in [-0.15, -0.1) is 0 Å². The maximum absolute atomic E-state index is 2.22. The Bertz CT molecular complexity index is 781. The van der Waals surface area contributed by atoms with E-state index >= 15 is 0 Å². The molecule has 3 aromatic rings. The molecule has 0 N–H and O–H groups in total. The summed E-state index contributed by atoms with van der Waals surface area (Å²) in [5.41, 5.74) is 0. The Labute approximate surface area is 137 Å². The van der Waals surface area contributed by atoms with E-state index in [4.69, 9.17) is 0 Å². The molecule has 0 radical (unpaired) electrons. The first-order valence-electron chi connectivity index (χ1n) is 6.71. The summed E-state index contributed by atoms with van der Waals surface area (Å²) in [6.07, 6.45) is 0. The van der Waals surface area contributed by atoms with Crippen LogP contribution in [0.15, 0.2) is 102 Å². The Hall–Kier alpha value is -1.29. The fraction of sp³-hybridized carbons (Fsp3) is 0. The second-order valence-electron chi connectivity index (χ2n) is 4.65. The molecule has 1 heterocycles. The molecule has 0 fully saturated rings. The van der Waals surface area contributed by atoms with E-state index in [9.17, 15) is 0 Å². The zero-order valence-electron chi connectivity index (χ0n) is 11.2. The SMILES string of the molecule is c1ccc(Sc2cccc3c2Sc2ccccc2S3)cc1. The van der Waals surface area contributed by atoms with Crippen LogP contribution in [0.1, 0.15) is 0 Å². The molecule has 0 unspecified atom stereocenters. The van der Waals surface area contributed by atoms with Gasteiger partial charge in [-0.2, -0.15) is 0 Å². The molecule has 0 aromatic heterocycles. The van der Waals surface area contributed by atoms with Crippen molar-refractivity contribution in [3.8, 4) is 0 Å². The van der Waals surface area contributed by atoms with Crippen LogP contribution in [-0.4, -0.2) is 0 Å². The molecule has 3 aromatic carbocycles. The zero-order valence-corrected chi connectivity index (χ0v) is 13.6. The van der Waals surface area contributed by atoms with E-state index in [0.717, 1.165) is 0 Å². The average molecular weight is 324 g/mol. The van der Waals surface area contributed by atoms with Crippen LogP contribution in [0, 0.1) is 0 Å². The molecule has 0 saturated heterocycles. The Kier molecular flexibility index (Phi) is 3.72. The number of hydrogen-bond donors (Lipinski definition) is 0. The maximum atomic E-state index is 2.22. The minimum Gasteiger partial charge on any atom is -0.0889 e. The van der Waals surface area contributed by atoms with Gasteiger partial charge in [0.2, 0.25) is 0 Å². The topological polar surface area (TPSA) is 0 Å².